The van der Waals surface area contributed by atoms with E-state index in [4.69, 9.17) is 5.11 Å². The van der Waals surface area contributed by atoms with Crippen LogP contribution in [-0.2, 0) is 6.54 Å². The van der Waals surface area contributed by atoms with E-state index < -0.39 is 12.0 Å². The Kier molecular flexibility index (Phi) is 3.97. The molecule has 9 nitrogen and oxygen atoms in total. The summed E-state index contributed by atoms with van der Waals surface area (Å²) in [5.41, 5.74) is 0.433. The molecule has 0 aliphatic rings. The van der Waals surface area contributed by atoms with Crippen molar-refractivity contribution in [2.24, 2.45) is 0 Å². The molecule has 0 radical (unpaired) electrons. The van der Waals surface area contributed by atoms with Gasteiger partial charge in [-0.25, -0.2) is 14.6 Å². The maximum atomic E-state index is 11.5. The van der Waals surface area contributed by atoms with Gasteiger partial charge in [0.2, 0.25) is 5.13 Å². The first-order valence-electron chi connectivity index (χ1n) is 4.95. The number of aromatic carboxylic acids is 1. The van der Waals surface area contributed by atoms with E-state index >= 15 is 0 Å². The molecule has 0 unspecified atom stereocenters. The number of carboxylic acid groups (broad SMARTS) is 1. The Morgan fingerprint density at radius 2 is 2.21 bits per heavy atom. The third-order valence-corrected chi connectivity index (χ3v) is 3.61. The van der Waals surface area contributed by atoms with E-state index in [0.29, 0.717) is 10.7 Å². The third-order valence-electron chi connectivity index (χ3n) is 1.96. The molecule has 0 bridgehead atoms. The van der Waals surface area contributed by atoms with Crippen molar-refractivity contribution in [1.29, 1.82) is 0 Å². The molecule has 19 heavy (non-hydrogen) atoms. The fraction of sp³-hybridized carbons (Fsp3) is 0.250. The summed E-state index contributed by atoms with van der Waals surface area (Å²) in [6.45, 7) is 1.74. The van der Waals surface area contributed by atoms with Crippen molar-refractivity contribution in [2.75, 3.05) is 5.32 Å². The van der Waals surface area contributed by atoms with E-state index in [1.165, 1.54) is 0 Å². The molecule has 0 spiro atoms. The molecule has 2 rings (SSSR count). The van der Waals surface area contributed by atoms with E-state index in [1.807, 2.05) is 0 Å². The second-order valence-electron chi connectivity index (χ2n) is 3.30. The molecule has 2 aromatic heterocycles. The maximum absolute atomic E-state index is 11.5. The van der Waals surface area contributed by atoms with Crippen LogP contribution in [0, 0.1) is 6.92 Å². The smallest absolute Gasteiger partial charge is 0.347 e. The SMILES string of the molecule is Cc1nc(CNC(=O)Nc2nnns2)sc1C(=O)O. The molecule has 2 heterocycles. The van der Waals surface area contributed by atoms with E-state index in [0.717, 1.165) is 22.9 Å². The number of hydrogen-bond acceptors (Lipinski definition) is 8. The van der Waals surface area contributed by atoms with Crippen LogP contribution in [-0.4, -0.2) is 36.9 Å². The standard InChI is InChI=1S/C8H8N6O3S2/c1-3-5(6(15)16)18-4(10-3)2-9-7(17)11-8-12-13-14-19-8/h2H2,1H3,(H,15,16)(H2,9,11,12,14,17). The Morgan fingerprint density at radius 1 is 1.42 bits per heavy atom. The fourth-order valence-corrected chi connectivity index (χ4v) is 2.41. The molecular formula is C8H8N6O3S2. The Morgan fingerprint density at radius 3 is 2.79 bits per heavy atom. The minimum absolute atomic E-state index is 0.136. The number of carbonyl (C=O) groups is 2. The maximum Gasteiger partial charge on any atom is 0.347 e. The van der Waals surface area contributed by atoms with Gasteiger partial charge in [-0.15, -0.1) is 11.3 Å². The largest absolute Gasteiger partial charge is 0.477 e. The number of carboxylic acids is 1. The molecule has 3 N–H and O–H groups in total. The molecule has 0 aliphatic heterocycles. The van der Waals surface area contributed by atoms with E-state index in [-0.39, 0.29) is 16.6 Å². The van der Waals surface area contributed by atoms with Crippen molar-refractivity contribution in [3.8, 4) is 0 Å². The average molecular weight is 300 g/mol. The molecule has 0 fully saturated rings. The Hall–Kier alpha value is -2.14. The second kappa shape index (κ2) is 5.67. The highest BCUT2D eigenvalue weighted by atomic mass is 32.1. The highest BCUT2D eigenvalue weighted by Crippen LogP contribution is 2.17. The summed E-state index contributed by atoms with van der Waals surface area (Å²) in [5.74, 6) is -1.02. The van der Waals surface area contributed by atoms with Gasteiger partial charge in [0, 0.05) is 11.5 Å². The number of carbonyl (C=O) groups excluding carboxylic acids is 1. The molecule has 0 saturated heterocycles. The van der Waals surface area contributed by atoms with Crippen LogP contribution in [0.2, 0.25) is 0 Å². The van der Waals surface area contributed by atoms with E-state index in [9.17, 15) is 9.59 Å². The number of amides is 2. The normalized spacial score (nSPS) is 10.2. The molecule has 2 amide bonds. The number of urea groups is 1. The van der Waals surface area contributed by atoms with Crippen LogP contribution in [0.25, 0.3) is 0 Å². The lowest BCUT2D eigenvalue weighted by atomic mass is 10.4. The van der Waals surface area contributed by atoms with Crippen LogP contribution in [0.4, 0.5) is 9.93 Å². The van der Waals surface area contributed by atoms with E-state index in [1.54, 1.807) is 6.92 Å². The molecular weight excluding hydrogens is 292 g/mol. The molecule has 100 valence electrons. The van der Waals surface area contributed by atoms with Gasteiger partial charge < -0.3 is 10.4 Å². The van der Waals surface area contributed by atoms with Crippen LogP contribution in [0.5, 0.6) is 0 Å². The first-order valence-corrected chi connectivity index (χ1v) is 6.54. The van der Waals surface area contributed by atoms with E-state index in [2.05, 4.69) is 30.4 Å². The van der Waals surface area contributed by atoms with Crippen LogP contribution >= 0.6 is 22.9 Å². The number of nitrogens with one attached hydrogen (secondary N) is 2. The number of rotatable bonds is 4. The lowest BCUT2D eigenvalue weighted by Crippen LogP contribution is -2.28. The zero-order valence-corrected chi connectivity index (χ0v) is 11.2. The van der Waals surface area contributed by atoms with Crippen LogP contribution in [0.15, 0.2) is 0 Å². The predicted molar refractivity (Wildman–Crippen MR) is 67.4 cm³/mol. The molecule has 0 saturated carbocycles. The van der Waals surface area contributed by atoms with Gasteiger partial charge in [0.25, 0.3) is 0 Å². The highest BCUT2D eigenvalue weighted by Gasteiger charge is 2.14. The number of hydrogen-bond donors (Lipinski definition) is 3. The van der Waals surface area contributed by atoms with Crippen molar-refractivity contribution < 1.29 is 14.7 Å². The summed E-state index contributed by atoms with van der Waals surface area (Å²) < 4.78 is 3.49. The van der Waals surface area contributed by atoms with Crippen LogP contribution in [0.3, 0.4) is 0 Å². The van der Waals surface area contributed by atoms with Crippen LogP contribution < -0.4 is 10.6 Å². The van der Waals surface area contributed by atoms with Gasteiger partial charge in [0.1, 0.15) is 9.88 Å². The summed E-state index contributed by atoms with van der Waals surface area (Å²) in [7, 11) is 0. The zero-order chi connectivity index (χ0) is 13.8. The van der Waals surface area contributed by atoms with Crippen molar-refractivity contribution in [3.05, 3.63) is 15.6 Å². The third kappa shape index (κ3) is 3.42. The van der Waals surface area contributed by atoms with Gasteiger partial charge in [-0.2, -0.15) is 0 Å². The number of anilines is 1. The quantitative estimate of drug-likeness (QED) is 0.758. The Labute approximate surface area is 114 Å². The number of thiazole rings is 1. The molecule has 0 aliphatic carbocycles. The van der Waals surface area contributed by atoms with Crippen molar-refractivity contribution in [1.82, 2.24) is 25.1 Å². The molecule has 0 aromatic carbocycles. The zero-order valence-electron chi connectivity index (χ0n) is 9.58. The second-order valence-corrected chi connectivity index (χ2v) is 5.12. The number of nitrogens with zero attached hydrogens (tertiary/aromatic N) is 4. The lowest BCUT2D eigenvalue weighted by Gasteiger charge is -2.01. The molecule has 0 atom stereocenters. The van der Waals surface area contributed by atoms with Gasteiger partial charge in [-0.3, -0.25) is 5.32 Å². The topological polar surface area (TPSA) is 130 Å². The van der Waals surface area contributed by atoms with Crippen molar-refractivity contribution in [2.45, 2.75) is 13.5 Å². The summed E-state index contributed by atoms with van der Waals surface area (Å²) >= 11 is 1.98. The number of aryl methyl sites for hydroxylation is 1. The predicted octanol–water partition coefficient (Wildman–Crippen LogP) is 0.718. The summed E-state index contributed by atoms with van der Waals surface area (Å²) in [6.07, 6.45) is 0. The first kappa shape index (κ1) is 13.3. The summed E-state index contributed by atoms with van der Waals surface area (Å²) in [4.78, 5) is 26.5. The summed E-state index contributed by atoms with van der Waals surface area (Å²) in [6, 6.07) is -0.483. The van der Waals surface area contributed by atoms with Gasteiger partial charge in [0.05, 0.1) is 12.2 Å². The first-order chi connectivity index (χ1) is 9.06. The Balaban J connectivity index is 1.90. The molecule has 2 aromatic rings. The number of aromatic nitrogens is 4. The minimum Gasteiger partial charge on any atom is -0.477 e. The summed E-state index contributed by atoms with van der Waals surface area (Å²) in [5, 5.41) is 21.5. The average Bonchev–Trinajstić information content (AvgIpc) is 2.96. The van der Waals surface area contributed by atoms with Gasteiger partial charge in [-0.1, -0.05) is 9.59 Å². The molecule has 11 heteroatoms. The monoisotopic (exact) mass is 300 g/mol. The fourth-order valence-electron chi connectivity index (χ4n) is 1.21. The van der Waals surface area contributed by atoms with Gasteiger partial charge in [-0.05, 0) is 12.1 Å². The van der Waals surface area contributed by atoms with Crippen molar-refractivity contribution >= 4 is 40.0 Å². The van der Waals surface area contributed by atoms with Crippen LogP contribution in [0.1, 0.15) is 20.4 Å². The minimum atomic E-state index is -1.02. The lowest BCUT2D eigenvalue weighted by molar-refractivity contribution is 0.0701. The van der Waals surface area contributed by atoms with Crippen molar-refractivity contribution in [3.63, 3.8) is 0 Å². The van der Waals surface area contributed by atoms with Gasteiger partial charge in [0.15, 0.2) is 0 Å². The highest BCUT2D eigenvalue weighted by molar-refractivity contribution is 7.13. The Bertz CT molecular complexity index is 596. The van der Waals surface area contributed by atoms with Gasteiger partial charge >= 0.3 is 12.0 Å².